The average Bonchev–Trinajstić information content (AvgIpc) is 2.95. The van der Waals surface area contributed by atoms with Crippen LogP contribution in [-0.2, 0) is 10.0 Å². The van der Waals surface area contributed by atoms with Crippen LogP contribution in [0.1, 0.15) is 9.67 Å². The van der Waals surface area contributed by atoms with E-state index in [0.29, 0.717) is 0 Å². The smallest absolute Gasteiger partial charge is 0.267 e. The van der Waals surface area contributed by atoms with Gasteiger partial charge in [-0.05, 0) is 21.9 Å². The molecule has 21 heavy (non-hydrogen) atoms. The van der Waals surface area contributed by atoms with Crippen molar-refractivity contribution in [1.29, 1.82) is 0 Å². The maximum absolute atomic E-state index is 12.1. The first kappa shape index (κ1) is 15.4. The molecule has 0 bridgehead atoms. The monoisotopic (exact) mass is 341 g/mol. The Hall–Kier alpha value is -2.02. The minimum atomic E-state index is -4.94. The number of halogens is 3. The summed E-state index contributed by atoms with van der Waals surface area (Å²) in [5.74, 6) is -3.32. The number of thiophene rings is 1. The molecule has 0 spiro atoms. The van der Waals surface area contributed by atoms with Crippen molar-refractivity contribution in [3.05, 3.63) is 22.7 Å². The third-order valence-corrected chi connectivity index (χ3v) is 4.15. The number of alkyl halides is 3. The number of sulfonamides is 1. The van der Waals surface area contributed by atoms with E-state index in [1.54, 1.807) is 0 Å². The van der Waals surface area contributed by atoms with Crippen molar-refractivity contribution in [2.24, 2.45) is 0 Å². The first-order valence-corrected chi connectivity index (χ1v) is 7.63. The van der Waals surface area contributed by atoms with Gasteiger partial charge in [-0.15, -0.1) is 16.4 Å². The molecule has 1 amide bonds. The van der Waals surface area contributed by atoms with Gasteiger partial charge in [-0.3, -0.25) is 4.79 Å². The SMILES string of the molecule is O=C(NS(=O)(=O)CC(F)(F)F)c1sccc1-n1cnnn1. The van der Waals surface area contributed by atoms with Crippen LogP contribution in [0.2, 0.25) is 0 Å². The highest BCUT2D eigenvalue weighted by Crippen LogP contribution is 2.21. The van der Waals surface area contributed by atoms with Gasteiger partial charge in [-0.25, -0.2) is 13.1 Å². The normalized spacial score (nSPS) is 12.3. The number of carbonyl (C=O) groups is 1. The average molecular weight is 341 g/mol. The van der Waals surface area contributed by atoms with Crippen molar-refractivity contribution >= 4 is 27.3 Å². The summed E-state index contributed by atoms with van der Waals surface area (Å²) in [5, 5.41) is 11.6. The third-order valence-electron chi connectivity index (χ3n) is 2.05. The molecule has 0 aliphatic rings. The van der Waals surface area contributed by atoms with Crippen molar-refractivity contribution < 1.29 is 26.4 Å². The summed E-state index contributed by atoms with van der Waals surface area (Å²) >= 11 is 0.840. The van der Waals surface area contributed by atoms with Crippen LogP contribution in [0, 0.1) is 0 Å². The summed E-state index contributed by atoms with van der Waals surface area (Å²) in [5.41, 5.74) is 0.157. The number of rotatable bonds is 4. The van der Waals surface area contributed by atoms with Crippen molar-refractivity contribution in [2.45, 2.75) is 6.18 Å². The molecule has 0 aliphatic heterocycles. The molecule has 0 unspecified atom stereocenters. The zero-order chi connectivity index (χ0) is 15.7. The summed E-state index contributed by atoms with van der Waals surface area (Å²) in [7, 11) is -4.83. The molecule has 2 aromatic rings. The highest BCUT2D eigenvalue weighted by atomic mass is 32.2. The number of hydrogen-bond donors (Lipinski definition) is 1. The first-order valence-electron chi connectivity index (χ1n) is 5.10. The van der Waals surface area contributed by atoms with Gasteiger partial charge in [0.25, 0.3) is 5.91 Å². The van der Waals surface area contributed by atoms with Crippen LogP contribution in [0.25, 0.3) is 5.69 Å². The van der Waals surface area contributed by atoms with Crippen molar-refractivity contribution in [3.63, 3.8) is 0 Å². The lowest BCUT2D eigenvalue weighted by Crippen LogP contribution is -2.37. The van der Waals surface area contributed by atoms with E-state index in [1.165, 1.54) is 16.2 Å². The van der Waals surface area contributed by atoms with Crippen molar-refractivity contribution in [2.75, 3.05) is 5.75 Å². The van der Waals surface area contributed by atoms with Crippen LogP contribution in [-0.4, -0.2) is 46.5 Å². The zero-order valence-electron chi connectivity index (χ0n) is 9.90. The standard InChI is InChI=1S/C8H6F3N5O3S2/c9-8(10,11)3-21(18,19)13-7(17)6-5(1-2-20-6)16-4-12-14-15-16/h1-2,4H,3H2,(H,13,17). The molecule has 0 saturated heterocycles. The second kappa shape index (κ2) is 5.40. The number of hydrogen-bond acceptors (Lipinski definition) is 7. The van der Waals surface area contributed by atoms with Crippen LogP contribution < -0.4 is 4.72 Å². The molecule has 2 heterocycles. The molecule has 13 heteroatoms. The van der Waals surface area contributed by atoms with E-state index in [2.05, 4.69) is 15.5 Å². The van der Waals surface area contributed by atoms with Crippen LogP contribution in [0.4, 0.5) is 13.2 Å². The van der Waals surface area contributed by atoms with Gasteiger partial charge in [-0.2, -0.15) is 17.9 Å². The van der Waals surface area contributed by atoms with Gasteiger partial charge < -0.3 is 0 Å². The molecule has 0 radical (unpaired) electrons. The van der Waals surface area contributed by atoms with Gasteiger partial charge in [0.15, 0.2) is 5.75 Å². The Morgan fingerprint density at radius 1 is 1.43 bits per heavy atom. The second-order valence-corrected chi connectivity index (χ2v) is 6.33. The number of amides is 1. The number of nitrogens with one attached hydrogen (secondary N) is 1. The van der Waals surface area contributed by atoms with E-state index < -0.39 is 27.9 Å². The maximum atomic E-state index is 12.1. The van der Waals surface area contributed by atoms with Gasteiger partial charge in [0, 0.05) is 0 Å². The Balaban J connectivity index is 2.21. The van der Waals surface area contributed by atoms with E-state index in [1.807, 2.05) is 0 Å². The van der Waals surface area contributed by atoms with E-state index in [0.717, 1.165) is 22.3 Å². The number of tetrazole rings is 1. The van der Waals surface area contributed by atoms with Gasteiger partial charge in [-0.1, -0.05) is 0 Å². The van der Waals surface area contributed by atoms with E-state index >= 15 is 0 Å². The predicted octanol–water partition coefficient (Wildman–Crippen LogP) is 0.346. The fourth-order valence-corrected chi connectivity index (χ4v) is 3.09. The molecule has 1 N–H and O–H groups in total. The fourth-order valence-electron chi connectivity index (χ4n) is 1.36. The summed E-state index contributed by atoms with van der Waals surface area (Å²) < 4.78 is 61.2. The molecule has 2 aromatic heterocycles. The summed E-state index contributed by atoms with van der Waals surface area (Å²) in [6.07, 6.45) is -3.79. The van der Waals surface area contributed by atoms with Crippen LogP contribution in [0.3, 0.4) is 0 Å². The quantitative estimate of drug-likeness (QED) is 0.860. The van der Waals surface area contributed by atoms with Crippen LogP contribution in [0.15, 0.2) is 17.8 Å². The van der Waals surface area contributed by atoms with Crippen LogP contribution >= 0.6 is 11.3 Å². The molecule has 0 fully saturated rings. The predicted molar refractivity (Wildman–Crippen MR) is 64.3 cm³/mol. The molecule has 8 nitrogen and oxygen atoms in total. The second-order valence-electron chi connectivity index (χ2n) is 3.69. The topological polar surface area (TPSA) is 107 Å². The zero-order valence-corrected chi connectivity index (χ0v) is 11.5. The Morgan fingerprint density at radius 3 is 2.71 bits per heavy atom. The lowest BCUT2D eigenvalue weighted by Gasteiger charge is -2.09. The maximum Gasteiger partial charge on any atom is 0.404 e. The summed E-state index contributed by atoms with van der Waals surface area (Å²) in [4.78, 5) is 11.7. The van der Waals surface area contributed by atoms with E-state index in [9.17, 15) is 26.4 Å². The molecular weight excluding hydrogens is 335 g/mol. The molecule has 2 rings (SSSR count). The molecule has 0 aromatic carbocycles. The Bertz CT molecular complexity index is 738. The van der Waals surface area contributed by atoms with Gasteiger partial charge in [0.05, 0.1) is 5.69 Å². The minimum absolute atomic E-state index is 0.131. The Morgan fingerprint density at radius 2 is 2.14 bits per heavy atom. The first-order chi connectivity index (χ1) is 9.68. The molecular formula is C8H6F3N5O3S2. The Kier molecular flexibility index (Phi) is 3.95. The number of nitrogens with zero attached hydrogens (tertiary/aromatic N) is 4. The van der Waals surface area contributed by atoms with E-state index in [-0.39, 0.29) is 10.6 Å². The third kappa shape index (κ3) is 3.98. The minimum Gasteiger partial charge on any atom is -0.267 e. The molecule has 0 atom stereocenters. The lowest BCUT2D eigenvalue weighted by atomic mass is 10.4. The highest BCUT2D eigenvalue weighted by Gasteiger charge is 2.36. The van der Waals surface area contributed by atoms with E-state index in [4.69, 9.17) is 0 Å². The van der Waals surface area contributed by atoms with Gasteiger partial charge in [0.1, 0.15) is 11.2 Å². The van der Waals surface area contributed by atoms with Crippen molar-refractivity contribution in [1.82, 2.24) is 24.9 Å². The molecule has 114 valence electrons. The molecule has 0 saturated carbocycles. The van der Waals surface area contributed by atoms with Crippen LogP contribution in [0.5, 0.6) is 0 Å². The fraction of sp³-hybridized carbons (Fsp3) is 0.250. The largest absolute Gasteiger partial charge is 0.404 e. The van der Waals surface area contributed by atoms with Crippen molar-refractivity contribution in [3.8, 4) is 5.69 Å². The number of carbonyl (C=O) groups excluding carboxylic acids is 1. The number of aromatic nitrogens is 4. The summed E-state index contributed by atoms with van der Waals surface area (Å²) in [6.45, 7) is 0. The van der Waals surface area contributed by atoms with Gasteiger partial charge >= 0.3 is 6.18 Å². The van der Waals surface area contributed by atoms with Gasteiger partial charge in [0.2, 0.25) is 10.0 Å². The molecule has 0 aliphatic carbocycles. The lowest BCUT2D eigenvalue weighted by molar-refractivity contribution is -0.106. The highest BCUT2D eigenvalue weighted by molar-refractivity contribution is 7.90. The summed E-state index contributed by atoms with van der Waals surface area (Å²) in [6, 6.07) is 1.42. The Labute approximate surface area is 119 Å².